The Hall–Kier alpha value is -1.07. The molecule has 2 unspecified atom stereocenters. The first-order valence-electron chi connectivity index (χ1n) is 5.52. The third kappa shape index (κ3) is 2.79. The van der Waals surface area contributed by atoms with Crippen molar-refractivity contribution in [1.29, 1.82) is 0 Å². The zero-order valence-corrected chi connectivity index (χ0v) is 9.17. The summed E-state index contributed by atoms with van der Waals surface area (Å²) in [6, 6.07) is 5.42. The van der Waals surface area contributed by atoms with Crippen LogP contribution in [-0.4, -0.2) is 24.3 Å². The lowest BCUT2D eigenvalue weighted by molar-refractivity contribution is -0.137. The van der Waals surface area contributed by atoms with E-state index >= 15 is 0 Å². The second kappa shape index (κ2) is 4.66. The van der Waals surface area contributed by atoms with Crippen molar-refractivity contribution in [2.75, 3.05) is 13.2 Å². The smallest absolute Gasteiger partial charge is 0.395 e. The molecule has 17 heavy (non-hydrogen) atoms. The van der Waals surface area contributed by atoms with E-state index in [2.05, 4.69) is 5.32 Å². The summed E-state index contributed by atoms with van der Waals surface area (Å²) in [7, 11) is 0. The fourth-order valence-corrected chi connectivity index (χ4v) is 2.18. The average molecular weight is 245 g/mol. The van der Waals surface area contributed by atoms with Crippen molar-refractivity contribution in [3.63, 3.8) is 0 Å². The minimum atomic E-state index is -4.29. The molecule has 1 aromatic rings. The van der Waals surface area contributed by atoms with Gasteiger partial charge in [-0.3, -0.25) is 0 Å². The van der Waals surface area contributed by atoms with Crippen LogP contribution in [0.1, 0.15) is 23.5 Å². The first-order valence-corrected chi connectivity index (χ1v) is 5.52. The lowest BCUT2D eigenvalue weighted by Crippen LogP contribution is -2.24. The largest absolute Gasteiger partial charge is 0.416 e. The van der Waals surface area contributed by atoms with Crippen LogP contribution < -0.4 is 5.32 Å². The monoisotopic (exact) mass is 245 g/mol. The first kappa shape index (κ1) is 12.4. The molecule has 5 heteroatoms. The molecule has 2 nitrogen and oxygen atoms in total. The van der Waals surface area contributed by atoms with E-state index in [1.165, 1.54) is 12.1 Å². The summed E-state index contributed by atoms with van der Waals surface area (Å²) < 4.78 is 37.6. The van der Waals surface area contributed by atoms with Gasteiger partial charge in [0.2, 0.25) is 0 Å². The summed E-state index contributed by atoms with van der Waals surface area (Å²) in [5, 5.41) is 12.1. The van der Waals surface area contributed by atoms with E-state index in [1.54, 1.807) is 6.07 Å². The average Bonchev–Trinajstić information content (AvgIpc) is 2.76. The van der Waals surface area contributed by atoms with Crippen molar-refractivity contribution in [3.8, 4) is 0 Å². The third-order valence-electron chi connectivity index (χ3n) is 3.13. The molecular weight excluding hydrogens is 231 g/mol. The zero-order valence-electron chi connectivity index (χ0n) is 9.17. The predicted molar refractivity (Wildman–Crippen MR) is 57.7 cm³/mol. The van der Waals surface area contributed by atoms with E-state index < -0.39 is 11.7 Å². The van der Waals surface area contributed by atoms with Crippen LogP contribution in [-0.2, 0) is 6.18 Å². The van der Waals surface area contributed by atoms with Crippen LogP contribution in [0.2, 0.25) is 0 Å². The summed E-state index contributed by atoms with van der Waals surface area (Å²) >= 11 is 0. The van der Waals surface area contributed by atoms with Gasteiger partial charge in [-0.05, 0) is 24.0 Å². The molecule has 1 heterocycles. The highest BCUT2D eigenvalue weighted by molar-refractivity contribution is 5.29. The van der Waals surface area contributed by atoms with Crippen molar-refractivity contribution < 1.29 is 18.3 Å². The van der Waals surface area contributed by atoms with Gasteiger partial charge in [0.25, 0.3) is 0 Å². The standard InChI is InChI=1S/C12H14F3NO/c13-12(14,15)10-3-1-2-8(4-10)9-5-11(7-17)16-6-9/h1-4,9,11,16-17H,5-7H2. The van der Waals surface area contributed by atoms with Crippen LogP contribution in [0.5, 0.6) is 0 Å². The summed E-state index contributed by atoms with van der Waals surface area (Å²) in [4.78, 5) is 0. The number of alkyl halides is 3. The molecule has 2 N–H and O–H groups in total. The van der Waals surface area contributed by atoms with E-state index in [-0.39, 0.29) is 18.6 Å². The second-order valence-corrected chi connectivity index (χ2v) is 4.34. The number of benzene rings is 1. The Kier molecular flexibility index (Phi) is 3.40. The van der Waals surface area contributed by atoms with Gasteiger partial charge in [-0.2, -0.15) is 13.2 Å². The molecule has 0 radical (unpaired) electrons. The van der Waals surface area contributed by atoms with Gasteiger partial charge in [-0.25, -0.2) is 0 Å². The summed E-state index contributed by atoms with van der Waals surface area (Å²) in [5.41, 5.74) is 0.0747. The number of halogens is 3. The first-order chi connectivity index (χ1) is 8.00. The lowest BCUT2D eigenvalue weighted by atomic mass is 9.95. The second-order valence-electron chi connectivity index (χ2n) is 4.34. The number of hydrogen-bond donors (Lipinski definition) is 2. The van der Waals surface area contributed by atoms with E-state index in [4.69, 9.17) is 5.11 Å². The highest BCUT2D eigenvalue weighted by atomic mass is 19.4. The molecule has 0 amide bonds. The number of nitrogens with one attached hydrogen (secondary N) is 1. The normalized spacial score (nSPS) is 25.2. The van der Waals surface area contributed by atoms with Crippen molar-refractivity contribution >= 4 is 0 Å². The highest BCUT2D eigenvalue weighted by Crippen LogP contribution is 2.33. The van der Waals surface area contributed by atoms with Gasteiger partial charge in [0.05, 0.1) is 12.2 Å². The van der Waals surface area contributed by atoms with E-state index in [0.29, 0.717) is 18.5 Å². The lowest BCUT2D eigenvalue weighted by Gasteiger charge is -2.12. The Morgan fingerprint density at radius 1 is 1.35 bits per heavy atom. The molecule has 1 saturated heterocycles. The Morgan fingerprint density at radius 3 is 2.71 bits per heavy atom. The molecule has 1 fully saturated rings. The van der Waals surface area contributed by atoms with E-state index in [1.807, 2.05) is 0 Å². The van der Waals surface area contributed by atoms with Gasteiger partial charge < -0.3 is 10.4 Å². The Bertz CT molecular complexity index is 392. The maximum absolute atomic E-state index is 12.5. The van der Waals surface area contributed by atoms with E-state index in [0.717, 1.165) is 6.07 Å². The molecule has 0 bridgehead atoms. The Morgan fingerprint density at radius 2 is 2.12 bits per heavy atom. The summed E-state index contributed by atoms with van der Waals surface area (Å²) in [5.74, 6) is 0.0504. The van der Waals surface area contributed by atoms with Gasteiger partial charge in [-0.1, -0.05) is 18.2 Å². The number of aliphatic hydroxyl groups excluding tert-OH is 1. The minimum Gasteiger partial charge on any atom is -0.395 e. The SMILES string of the molecule is OCC1CC(c2cccc(C(F)(F)F)c2)CN1. The molecule has 0 aromatic heterocycles. The molecule has 0 aliphatic carbocycles. The van der Waals surface area contributed by atoms with Crippen molar-refractivity contribution in [3.05, 3.63) is 35.4 Å². The van der Waals surface area contributed by atoms with Gasteiger partial charge in [0.1, 0.15) is 0 Å². The number of aliphatic hydroxyl groups is 1. The van der Waals surface area contributed by atoms with Crippen LogP contribution in [0.15, 0.2) is 24.3 Å². The maximum atomic E-state index is 12.5. The summed E-state index contributed by atoms with van der Waals surface area (Å²) in [6.07, 6.45) is -3.61. The number of hydrogen-bond acceptors (Lipinski definition) is 2. The van der Waals surface area contributed by atoms with Crippen LogP contribution in [0.4, 0.5) is 13.2 Å². The van der Waals surface area contributed by atoms with Gasteiger partial charge in [0.15, 0.2) is 0 Å². The maximum Gasteiger partial charge on any atom is 0.416 e. The Balaban J connectivity index is 2.17. The van der Waals surface area contributed by atoms with Crippen LogP contribution in [0, 0.1) is 0 Å². The molecule has 0 saturated carbocycles. The van der Waals surface area contributed by atoms with Gasteiger partial charge >= 0.3 is 6.18 Å². The predicted octanol–water partition coefficient (Wildman–Crippen LogP) is 2.14. The molecule has 2 atom stereocenters. The van der Waals surface area contributed by atoms with Crippen molar-refractivity contribution in [2.45, 2.75) is 24.6 Å². The number of rotatable bonds is 2. The third-order valence-corrected chi connectivity index (χ3v) is 3.13. The van der Waals surface area contributed by atoms with Crippen LogP contribution in [0.25, 0.3) is 0 Å². The molecule has 94 valence electrons. The topological polar surface area (TPSA) is 32.3 Å². The zero-order chi connectivity index (χ0) is 12.5. The Labute approximate surface area is 97.5 Å². The molecule has 2 rings (SSSR count). The van der Waals surface area contributed by atoms with Crippen molar-refractivity contribution in [2.24, 2.45) is 0 Å². The molecule has 1 aromatic carbocycles. The molecule has 0 spiro atoms. The minimum absolute atomic E-state index is 0.00505. The van der Waals surface area contributed by atoms with Crippen LogP contribution in [0.3, 0.4) is 0 Å². The molecular formula is C12H14F3NO. The molecule has 1 aliphatic rings. The summed E-state index contributed by atoms with van der Waals surface area (Å²) in [6.45, 7) is 0.641. The quantitative estimate of drug-likeness (QED) is 0.836. The molecule has 1 aliphatic heterocycles. The fraction of sp³-hybridized carbons (Fsp3) is 0.500. The van der Waals surface area contributed by atoms with Gasteiger partial charge in [-0.15, -0.1) is 0 Å². The van der Waals surface area contributed by atoms with E-state index in [9.17, 15) is 13.2 Å². The van der Waals surface area contributed by atoms with Crippen LogP contribution >= 0.6 is 0 Å². The van der Waals surface area contributed by atoms with Crippen molar-refractivity contribution in [1.82, 2.24) is 5.32 Å². The fourth-order valence-electron chi connectivity index (χ4n) is 2.18. The van der Waals surface area contributed by atoms with Gasteiger partial charge in [0, 0.05) is 12.6 Å². The highest BCUT2D eigenvalue weighted by Gasteiger charge is 2.32.